The van der Waals surface area contributed by atoms with Gasteiger partial charge in [0, 0.05) is 6.54 Å². The van der Waals surface area contributed by atoms with Crippen LogP contribution in [0.4, 0.5) is 10.2 Å². The van der Waals surface area contributed by atoms with Crippen molar-refractivity contribution in [1.82, 2.24) is 9.97 Å². The van der Waals surface area contributed by atoms with Gasteiger partial charge in [0.2, 0.25) is 5.88 Å². The van der Waals surface area contributed by atoms with Crippen molar-refractivity contribution < 1.29 is 9.13 Å². The number of aromatic nitrogens is 2. The maximum Gasteiger partial charge on any atom is 0.227 e. The van der Waals surface area contributed by atoms with Crippen molar-refractivity contribution in [2.45, 2.75) is 26.7 Å². The van der Waals surface area contributed by atoms with Gasteiger partial charge >= 0.3 is 0 Å². The lowest BCUT2D eigenvalue weighted by Gasteiger charge is -2.13. The minimum atomic E-state index is -0.406. The molecule has 2 aromatic rings. The van der Waals surface area contributed by atoms with Crippen molar-refractivity contribution >= 4 is 5.82 Å². The van der Waals surface area contributed by atoms with Gasteiger partial charge in [-0.3, -0.25) is 0 Å². The molecule has 5 heteroatoms. The number of halogens is 1. The molecule has 0 atom stereocenters. The van der Waals surface area contributed by atoms with E-state index in [1.54, 1.807) is 18.2 Å². The monoisotopic (exact) mass is 275 g/mol. The van der Waals surface area contributed by atoms with Gasteiger partial charge in [-0.1, -0.05) is 26.0 Å². The number of nitrogens with one attached hydrogen (secondary N) is 1. The molecular weight excluding hydrogens is 257 g/mol. The number of nitrogens with zero attached hydrogens (tertiary/aromatic N) is 2. The van der Waals surface area contributed by atoms with E-state index in [1.807, 2.05) is 6.92 Å². The molecule has 1 aromatic carbocycles. The Morgan fingerprint density at radius 1 is 1.20 bits per heavy atom. The largest absolute Gasteiger partial charge is 0.435 e. The van der Waals surface area contributed by atoms with Gasteiger partial charge < -0.3 is 10.1 Å². The molecule has 1 N–H and O–H groups in total. The summed E-state index contributed by atoms with van der Waals surface area (Å²) in [4.78, 5) is 8.33. The third-order valence-electron chi connectivity index (χ3n) is 2.85. The molecule has 0 fully saturated rings. The van der Waals surface area contributed by atoms with Gasteiger partial charge in [0.15, 0.2) is 11.6 Å². The van der Waals surface area contributed by atoms with E-state index in [2.05, 4.69) is 22.2 Å². The molecule has 0 amide bonds. The highest BCUT2D eigenvalue weighted by atomic mass is 19.1. The SMILES string of the molecule is CCCNc1ncnc(Oc2ccccc2F)c1CC. The standard InChI is InChI=1S/C15H18FN3O/c1-3-9-17-14-11(4-2)15(19-10-18-14)20-13-8-6-5-7-12(13)16/h5-8,10H,3-4,9H2,1-2H3,(H,17,18,19). The van der Waals surface area contributed by atoms with Crippen molar-refractivity contribution in [2.24, 2.45) is 0 Å². The van der Waals surface area contributed by atoms with E-state index in [9.17, 15) is 4.39 Å². The van der Waals surface area contributed by atoms with Gasteiger partial charge in [0.05, 0.1) is 5.56 Å². The van der Waals surface area contributed by atoms with Crippen LogP contribution in [0, 0.1) is 5.82 Å². The number of hydrogen-bond acceptors (Lipinski definition) is 4. The van der Waals surface area contributed by atoms with Gasteiger partial charge in [0.25, 0.3) is 0 Å². The topological polar surface area (TPSA) is 47.0 Å². The minimum absolute atomic E-state index is 0.169. The van der Waals surface area contributed by atoms with E-state index in [1.165, 1.54) is 12.4 Å². The highest BCUT2D eigenvalue weighted by Crippen LogP contribution is 2.28. The van der Waals surface area contributed by atoms with E-state index in [0.29, 0.717) is 12.3 Å². The zero-order chi connectivity index (χ0) is 14.4. The summed E-state index contributed by atoms with van der Waals surface area (Å²) in [7, 11) is 0. The summed E-state index contributed by atoms with van der Waals surface area (Å²) in [6.45, 7) is 4.89. The van der Waals surface area contributed by atoms with Crippen LogP contribution in [0.15, 0.2) is 30.6 Å². The van der Waals surface area contributed by atoms with Crippen LogP contribution < -0.4 is 10.1 Å². The lowest BCUT2D eigenvalue weighted by atomic mass is 10.2. The summed E-state index contributed by atoms with van der Waals surface area (Å²) in [6.07, 6.45) is 3.13. The summed E-state index contributed by atoms with van der Waals surface area (Å²) in [5, 5.41) is 3.23. The van der Waals surface area contributed by atoms with Crippen molar-refractivity contribution in [3.8, 4) is 11.6 Å². The molecule has 2 rings (SSSR count). The lowest BCUT2D eigenvalue weighted by Crippen LogP contribution is -2.07. The van der Waals surface area contributed by atoms with Crippen LogP contribution in [0.1, 0.15) is 25.8 Å². The molecule has 0 bridgehead atoms. The summed E-state index contributed by atoms with van der Waals surface area (Å²) >= 11 is 0. The van der Waals surface area contributed by atoms with Crippen LogP contribution >= 0.6 is 0 Å². The Hall–Kier alpha value is -2.17. The fourth-order valence-corrected chi connectivity index (χ4v) is 1.83. The molecular formula is C15H18FN3O. The van der Waals surface area contributed by atoms with Gasteiger partial charge in [-0.15, -0.1) is 0 Å². The van der Waals surface area contributed by atoms with Crippen LogP contribution in [0.25, 0.3) is 0 Å². The zero-order valence-corrected chi connectivity index (χ0v) is 11.7. The Bertz CT molecular complexity index is 575. The van der Waals surface area contributed by atoms with E-state index in [0.717, 1.165) is 24.3 Å². The molecule has 1 aromatic heterocycles. The highest BCUT2D eigenvalue weighted by molar-refractivity contribution is 5.49. The minimum Gasteiger partial charge on any atom is -0.435 e. The Morgan fingerprint density at radius 2 is 2.00 bits per heavy atom. The summed E-state index contributed by atoms with van der Waals surface area (Å²) < 4.78 is 19.2. The maximum atomic E-state index is 13.6. The molecule has 106 valence electrons. The summed E-state index contributed by atoms with van der Waals surface area (Å²) in [6, 6.07) is 6.28. The van der Waals surface area contributed by atoms with Crippen LogP contribution in [0.3, 0.4) is 0 Å². The van der Waals surface area contributed by atoms with E-state index >= 15 is 0 Å². The molecule has 0 saturated carbocycles. The van der Waals surface area contributed by atoms with E-state index < -0.39 is 5.82 Å². The predicted octanol–water partition coefficient (Wildman–Crippen LogP) is 3.79. The van der Waals surface area contributed by atoms with Crippen molar-refractivity contribution in [3.63, 3.8) is 0 Å². The molecule has 0 aliphatic carbocycles. The number of benzene rings is 1. The highest BCUT2D eigenvalue weighted by Gasteiger charge is 2.13. The number of hydrogen-bond donors (Lipinski definition) is 1. The first kappa shape index (κ1) is 14.2. The second kappa shape index (κ2) is 6.84. The van der Waals surface area contributed by atoms with E-state index in [4.69, 9.17) is 4.74 Å². The Morgan fingerprint density at radius 3 is 2.70 bits per heavy atom. The third kappa shape index (κ3) is 3.23. The molecule has 0 aliphatic heterocycles. The normalized spacial score (nSPS) is 10.3. The molecule has 1 heterocycles. The average Bonchev–Trinajstić information content (AvgIpc) is 2.47. The van der Waals surface area contributed by atoms with Gasteiger partial charge in [-0.05, 0) is 25.0 Å². The molecule has 0 saturated heterocycles. The first-order valence-corrected chi connectivity index (χ1v) is 6.76. The second-order valence-corrected chi connectivity index (χ2v) is 4.32. The number of rotatable bonds is 6. The van der Waals surface area contributed by atoms with Crippen molar-refractivity contribution in [3.05, 3.63) is 42.0 Å². The second-order valence-electron chi connectivity index (χ2n) is 4.32. The quantitative estimate of drug-likeness (QED) is 0.871. The zero-order valence-electron chi connectivity index (χ0n) is 11.7. The Labute approximate surface area is 118 Å². The fraction of sp³-hybridized carbons (Fsp3) is 0.333. The van der Waals surface area contributed by atoms with Crippen LogP contribution in [0.5, 0.6) is 11.6 Å². The molecule has 4 nitrogen and oxygen atoms in total. The smallest absolute Gasteiger partial charge is 0.227 e. The van der Waals surface area contributed by atoms with Crippen molar-refractivity contribution in [1.29, 1.82) is 0 Å². The van der Waals surface area contributed by atoms with Gasteiger partial charge in [-0.25, -0.2) is 14.4 Å². The molecule has 0 aliphatic rings. The summed E-state index contributed by atoms with van der Waals surface area (Å²) in [5.41, 5.74) is 0.851. The van der Waals surface area contributed by atoms with Gasteiger partial charge in [-0.2, -0.15) is 0 Å². The first-order valence-electron chi connectivity index (χ1n) is 6.76. The number of ether oxygens (including phenoxy) is 1. The Balaban J connectivity index is 2.29. The van der Waals surface area contributed by atoms with Gasteiger partial charge in [0.1, 0.15) is 12.1 Å². The summed E-state index contributed by atoms with van der Waals surface area (Å²) in [5.74, 6) is 0.903. The molecule has 0 spiro atoms. The first-order chi connectivity index (χ1) is 9.76. The number of anilines is 1. The average molecular weight is 275 g/mol. The third-order valence-corrected chi connectivity index (χ3v) is 2.85. The van der Waals surface area contributed by atoms with Crippen LogP contribution in [-0.4, -0.2) is 16.5 Å². The van der Waals surface area contributed by atoms with Crippen LogP contribution in [0.2, 0.25) is 0 Å². The van der Waals surface area contributed by atoms with Crippen LogP contribution in [-0.2, 0) is 6.42 Å². The maximum absolute atomic E-state index is 13.6. The Kier molecular flexibility index (Phi) is 4.87. The van der Waals surface area contributed by atoms with E-state index in [-0.39, 0.29) is 5.75 Å². The van der Waals surface area contributed by atoms with Crippen molar-refractivity contribution in [2.75, 3.05) is 11.9 Å². The predicted molar refractivity (Wildman–Crippen MR) is 76.7 cm³/mol. The molecule has 0 unspecified atom stereocenters. The number of para-hydroxylation sites is 1. The fourth-order valence-electron chi connectivity index (χ4n) is 1.83. The molecule has 0 radical (unpaired) electrons. The molecule has 20 heavy (non-hydrogen) atoms. The lowest BCUT2D eigenvalue weighted by molar-refractivity contribution is 0.422.